The molecule has 1 aromatic carbocycles. The van der Waals surface area contributed by atoms with Gasteiger partial charge in [-0.2, -0.15) is 0 Å². The molecule has 1 saturated carbocycles. The van der Waals surface area contributed by atoms with Gasteiger partial charge in [0, 0.05) is 18.2 Å². The Hall–Kier alpha value is -2.49. The number of nitrogens with one attached hydrogen (secondary N) is 1. The number of sulfone groups is 1. The number of pyridine rings is 1. The van der Waals surface area contributed by atoms with Gasteiger partial charge in [0.15, 0.2) is 21.7 Å². The van der Waals surface area contributed by atoms with E-state index in [1.54, 1.807) is 24.3 Å². The van der Waals surface area contributed by atoms with E-state index in [-0.39, 0.29) is 22.0 Å². The average Bonchev–Trinajstić information content (AvgIpc) is 3.48. The van der Waals surface area contributed by atoms with Crippen LogP contribution < -0.4 is 5.32 Å². The molecule has 1 amide bonds. The van der Waals surface area contributed by atoms with Crippen LogP contribution in [0.25, 0.3) is 0 Å². The van der Waals surface area contributed by atoms with Crippen LogP contribution in [0.15, 0.2) is 52.6 Å². The van der Waals surface area contributed by atoms with Crippen LogP contribution in [0, 0.1) is 0 Å². The van der Waals surface area contributed by atoms with Crippen molar-refractivity contribution in [2.45, 2.75) is 35.5 Å². The molecule has 1 atom stereocenters. The van der Waals surface area contributed by atoms with Crippen LogP contribution in [0.3, 0.4) is 0 Å². The van der Waals surface area contributed by atoms with Crippen molar-refractivity contribution in [2.24, 2.45) is 5.16 Å². The molecule has 30 heavy (non-hydrogen) atoms. The number of rotatable bonds is 7. The summed E-state index contributed by atoms with van der Waals surface area (Å²) in [6, 6.07) is 9.25. The second kappa shape index (κ2) is 8.71. The van der Waals surface area contributed by atoms with Crippen molar-refractivity contribution in [3.8, 4) is 0 Å². The molecule has 4 rings (SSSR count). The van der Waals surface area contributed by atoms with Gasteiger partial charge >= 0.3 is 0 Å². The second-order valence-electron chi connectivity index (χ2n) is 7.12. The Morgan fingerprint density at radius 3 is 2.53 bits per heavy atom. The largest absolute Gasteiger partial charge is 0.389 e. The highest BCUT2D eigenvalue weighted by atomic mass is 35.5. The summed E-state index contributed by atoms with van der Waals surface area (Å²) in [6.45, 7) is 0.972. The summed E-state index contributed by atoms with van der Waals surface area (Å²) in [4.78, 5) is 22.6. The van der Waals surface area contributed by atoms with Crippen LogP contribution >= 0.6 is 11.6 Å². The molecule has 1 saturated heterocycles. The van der Waals surface area contributed by atoms with Gasteiger partial charge in [0.1, 0.15) is 5.82 Å². The van der Waals surface area contributed by atoms with E-state index in [0.717, 1.165) is 0 Å². The number of carbonyl (C=O) groups excluding carboxylic acids is 1. The molecule has 2 aromatic rings. The van der Waals surface area contributed by atoms with Crippen molar-refractivity contribution in [2.75, 3.05) is 18.5 Å². The van der Waals surface area contributed by atoms with Crippen LogP contribution in [-0.2, 0) is 24.2 Å². The summed E-state index contributed by atoms with van der Waals surface area (Å²) in [5.74, 6) is -0.240. The van der Waals surface area contributed by atoms with Crippen LogP contribution in [0.1, 0.15) is 24.8 Å². The summed E-state index contributed by atoms with van der Waals surface area (Å²) in [5, 5.41) is 6.84. The fraction of sp³-hybridized carbons (Fsp3) is 0.350. The third kappa shape index (κ3) is 4.80. The fourth-order valence-corrected chi connectivity index (χ4v) is 4.72. The van der Waals surface area contributed by atoms with Crippen LogP contribution in [0.4, 0.5) is 5.82 Å². The number of carbonyl (C=O) groups is 1. The predicted octanol–water partition coefficient (Wildman–Crippen LogP) is 2.82. The highest BCUT2D eigenvalue weighted by molar-refractivity contribution is 7.92. The Bertz CT molecular complexity index is 1040. The molecular weight excluding hydrogens is 430 g/mol. The van der Waals surface area contributed by atoms with Crippen molar-refractivity contribution in [3.05, 3.63) is 53.2 Å². The zero-order valence-corrected chi connectivity index (χ0v) is 17.5. The number of hydrogen-bond acceptors (Lipinski definition) is 7. The molecule has 1 aliphatic heterocycles. The van der Waals surface area contributed by atoms with Crippen molar-refractivity contribution in [3.63, 3.8) is 0 Å². The third-order valence-corrected chi connectivity index (χ3v) is 7.29. The maximum absolute atomic E-state index is 12.9. The molecule has 0 radical (unpaired) electrons. The van der Waals surface area contributed by atoms with Gasteiger partial charge in [0.25, 0.3) is 5.91 Å². The molecule has 0 spiro atoms. The number of benzene rings is 1. The highest BCUT2D eigenvalue weighted by Crippen LogP contribution is 2.33. The number of hydrogen-bond donors (Lipinski definition) is 1. The molecule has 1 aliphatic carbocycles. The van der Waals surface area contributed by atoms with Gasteiger partial charge in [-0.3, -0.25) is 4.79 Å². The minimum atomic E-state index is -3.32. The molecule has 2 heterocycles. The van der Waals surface area contributed by atoms with E-state index in [1.165, 1.54) is 18.3 Å². The van der Waals surface area contributed by atoms with Gasteiger partial charge in [-0.1, -0.05) is 28.9 Å². The van der Waals surface area contributed by atoms with Crippen LogP contribution in [0.5, 0.6) is 0 Å². The summed E-state index contributed by atoms with van der Waals surface area (Å²) in [5.41, 5.74) is 0.434. The van der Waals surface area contributed by atoms with E-state index in [2.05, 4.69) is 15.5 Å². The summed E-state index contributed by atoms with van der Waals surface area (Å²) in [7, 11) is -3.32. The standard InChI is InChI=1S/C20H20ClN3O5S/c21-14-3-8-18(22-11-14)23-20(25)19(24-29-15-9-10-28-12-15)13-1-4-16(5-2-13)30(26,27)17-6-7-17/h1-5,8,11,15,17H,6-7,9-10,12H2,(H,22,23,25)/t15-/m1/s1. The lowest BCUT2D eigenvalue weighted by Crippen LogP contribution is -2.25. The number of aromatic nitrogens is 1. The van der Waals surface area contributed by atoms with E-state index >= 15 is 0 Å². The van der Waals surface area contributed by atoms with Crippen LogP contribution in [-0.4, -0.2) is 49.6 Å². The number of anilines is 1. The first-order chi connectivity index (χ1) is 14.4. The number of nitrogens with zero attached hydrogens (tertiary/aromatic N) is 2. The zero-order valence-electron chi connectivity index (χ0n) is 16.0. The Morgan fingerprint density at radius 1 is 1.17 bits per heavy atom. The molecule has 10 heteroatoms. The van der Waals surface area contributed by atoms with Crippen LogP contribution in [0.2, 0.25) is 5.02 Å². The topological polar surface area (TPSA) is 107 Å². The molecular formula is C20H20ClN3O5S. The van der Waals surface area contributed by atoms with Gasteiger partial charge in [0.2, 0.25) is 0 Å². The summed E-state index contributed by atoms with van der Waals surface area (Å²) >= 11 is 5.83. The molecule has 2 fully saturated rings. The minimum Gasteiger partial charge on any atom is -0.389 e. The van der Waals surface area contributed by atoms with E-state index in [9.17, 15) is 13.2 Å². The fourth-order valence-electron chi connectivity index (χ4n) is 2.95. The Kier molecular flexibility index (Phi) is 6.03. The Morgan fingerprint density at radius 2 is 1.93 bits per heavy atom. The normalized spacial score (nSPS) is 19.5. The lowest BCUT2D eigenvalue weighted by molar-refractivity contribution is -0.110. The van der Waals surface area contributed by atoms with Gasteiger partial charge in [-0.15, -0.1) is 0 Å². The highest BCUT2D eigenvalue weighted by Gasteiger charge is 2.36. The molecule has 1 N–H and O–H groups in total. The first kappa shape index (κ1) is 20.8. The molecule has 0 unspecified atom stereocenters. The average molecular weight is 450 g/mol. The number of ether oxygens (including phenoxy) is 1. The first-order valence-electron chi connectivity index (χ1n) is 9.52. The molecule has 8 nitrogen and oxygen atoms in total. The second-order valence-corrected chi connectivity index (χ2v) is 9.78. The van der Waals surface area contributed by atoms with Crippen molar-refractivity contribution < 1.29 is 22.8 Å². The SMILES string of the molecule is O=C(Nc1ccc(Cl)cn1)C(=NO[C@@H]1CCOC1)c1ccc(S(=O)(=O)C2CC2)cc1. The predicted molar refractivity (Wildman–Crippen MR) is 111 cm³/mol. The summed E-state index contributed by atoms with van der Waals surface area (Å²) in [6.07, 6.45) is 3.22. The Balaban J connectivity index is 1.58. The third-order valence-electron chi connectivity index (χ3n) is 4.78. The summed E-state index contributed by atoms with van der Waals surface area (Å²) < 4.78 is 30.1. The van der Waals surface area contributed by atoms with Gasteiger partial charge in [0.05, 0.1) is 28.4 Å². The zero-order chi connectivity index (χ0) is 21.1. The maximum Gasteiger partial charge on any atom is 0.279 e. The van der Waals surface area contributed by atoms with Gasteiger partial charge < -0.3 is 14.9 Å². The van der Waals surface area contributed by atoms with E-state index in [0.29, 0.717) is 48.9 Å². The van der Waals surface area contributed by atoms with Crippen molar-refractivity contribution >= 4 is 38.9 Å². The quantitative estimate of drug-likeness (QED) is 0.514. The van der Waals surface area contributed by atoms with E-state index in [4.69, 9.17) is 21.2 Å². The molecule has 158 valence electrons. The first-order valence-corrected chi connectivity index (χ1v) is 11.4. The number of amides is 1. The number of oxime groups is 1. The van der Waals surface area contributed by atoms with E-state index < -0.39 is 15.7 Å². The van der Waals surface area contributed by atoms with Crippen molar-refractivity contribution in [1.29, 1.82) is 0 Å². The maximum atomic E-state index is 12.9. The smallest absolute Gasteiger partial charge is 0.279 e. The lowest BCUT2D eigenvalue weighted by Gasteiger charge is -2.11. The van der Waals surface area contributed by atoms with Gasteiger partial charge in [-0.05, 0) is 37.1 Å². The molecule has 2 aliphatic rings. The van der Waals surface area contributed by atoms with Gasteiger partial charge in [-0.25, -0.2) is 13.4 Å². The monoisotopic (exact) mass is 449 g/mol. The molecule has 1 aromatic heterocycles. The molecule has 0 bridgehead atoms. The Labute approximate surface area is 179 Å². The lowest BCUT2D eigenvalue weighted by atomic mass is 10.1. The van der Waals surface area contributed by atoms with E-state index in [1.807, 2.05) is 0 Å². The number of halogens is 1. The minimum absolute atomic E-state index is 0.00835. The van der Waals surface area contributed by atoms with Crippen molar-refractivity contribution in [1.82, 2.24) is 4.98 Å².